The van der Waals surface area contributed by atoms with E-state index in [0.29, 0.717) is 34.5 Å². The van der Waals surface area contributed by atoms with Crippen LogP contribution in [0.25, 0.3) is 10.9 Å². The Morgan fingerprint density at radius 1 is 1.43 bits per heavy atom. The highest BCUT2D eigenvalue weighted by Gasteiger charge is 2.38. The van der Waals surface area contributed by atoms with E-state index in [2.05, 4.69) is 4.98 Å². The highest BCUT2D eigenvalue weighted by atomic mass is 35.5. The molecule has 23 heavy (non-hydrogen) atoms. The van der Waals surface area contributed by atoms with Crippen LogP contribution >= 0.6 is 11.6 Å². The minimum atomic E-state index is -1.16. The van der Waals surface area contributed by atoms with Crippen molar-refractivity contribution in [3.05, 3.63) is 40.5 Å². The van der Waals surface area contributed by atoms with E-state index < -0.39 is 11.7 Å². The lowest BCUT2D eigenvalue weighted by atomic mass is 9.90. The number of hydrogen-bond acceptors (Lipinski definition) is 4. The molecule has 0 bridgehead atoms. The number of rotatable bonds is 1. The molecule has 0 saturated carbocycles. The maximum Gasteiger partial charge on any atom is 0.254 e. The zero-order chi connectivity index (χ0) is 16.8. The first-order chi connectivity index (χ1) is 10.8. The molecule has 1 aromatic heterocycles. The van der Waals surface area contributed by atoms with Gasteiger partial charge in [-0.3, -0.25) is 9.78 Å². The standard InChI is InChI=1S/C17H19ClN2O3/c1-10-7-13(12-8-11(18)3-4-14(12)19-10)16(22)20-6-5-17(2,23)15(21)9-20/h3-4,7-8,15,21,23H,5-6,9H2,1-2H3/t15-,17-/m0/s1. The predicted octanol–water partition coefficient (Wildman–Crippen LogP) is 2.15. The van der Waals surface area contributed by atoms with E-state index in [-0.39, 0.29) is 12.5 Å². The summed E-state index contributed by atoms with van der Waals surface area (Å²) in [6.07, 6.45) is -0.624. The van der Waals surface area contributed by atoms with Gasteiger partial charge in [-0.2, -0.15) is 0 Å². The van der Waals surface area contributed by atoms with Gasteiger partial charge in [0.2, 0.25) is 0 Å². The highest BCUT2D eigenvalue weighted by molar-refractivity contribution is 6.31. The second-order valence-corrected chi connectivity index (χ2v) is 6.78. The number of aryl methyl sites for hydroxylation is 1. The van der Waals surface area contributed by atoms with Gasteiger partial charge in [0, 0.05) is 29.2 Å². The molecule has 2 N–H and O–H groups in total. The largest absolute Gasteiger partial charge is 0.388 e. The molecule has 2 aromatic rings. The van der Waals surface area contributed by atoms with Gasteiger partial charge in [-0.05, 0) is 44.5 Å². The minimum absolute atomic E-state index is 0.106. The van der Waals surface area contributed by atoms with Crippen molar-refractivity contribution in [1.29, 1.82) is 0 Å². The van der Waals surface area contributed by atoms with Gasteiger partial charge in [-0.25, -0.2) is 0 Å². The Morgan fingerprint density at radius 3 is 2.87 bits per heavy atom. The number of nitrogens with zero attached hydrogens (tertiary/aromatic N) is 2. The number of β-amino-alcohol motifs (C(OH)–C–C–N with tert-alkyl or cyclic N) is 1. The zero-order valence-corrected chi connectivity index (χ0v) is 13.8. The fourth-order valence-electron chi connectivity index (χ4n) is 2.89. The molecule has 2 heterocycles. The topological polar surface area (TPSA) is 73.7 Å². The first-order valence-corrected chi connectivity index (χ1v) is 7.92. The molecule has 0 spiro atoms. The summed E-state index contributed by atoms with van der Waals surface area (Å²) in [5.41, 5.74) is 0.815. The molecule has 2 atom stereocenters. The molecule has 1 saturated heterocycles. The number of carbonyl (C=O) groups excluding carboxylic acids is 1. The fourth-order valence-corrected chi connectivity index (χ4v) is 3.06. The number of aliphatic hydroxyl groups excluding tert-OH is 1. The second-order valence-electron chi connectivity index (χ2n) is 6.35. The number of aromatic nitrogens is 1. The van der Waals surface area contributed by atoms with Crippen molar-refractivity contribution in [3.8, 4) is 0 Å². The number of aliphatic hydroxyl groups is 2. The van der Waals surface area contributed by atoms with Gasteiger partial charge in [-0.15, -0.1) is 0 Å². The number of halogens is 1. The molecule has 1 aromatic carbocycles. The average molecular weight is 335 g/mol. The van der Waals surface area contributed by atoms with Gasteiger partial charge in [0.1, 0.15) is 0 Å². The summed E-state index contributed by atoms with van der Waals surface area (Å²) in [5.74, 6) is -0.183. The van der Waals surface area contributed by atoms with Crippen molar-refractivity contribution in [2.45, 2.75) is 32.0 Å². The molecule has 0 aliphatic carbocycles. The van der Waals surface area contributed by atoms with Crippen molar-refractivity contribution in [3.63, 3.8) is 0 Å². The lowest BCUT2D eigenvalue weighted by molar-refractivity contribution is -0.0999. The van der Waals surface area contributed by atoms with Crippen LogP contribution < -0.4 is 0 Å². The SMILES string of the molecule is Cc1cc(C(=O)N2CC[C@](C)(O)[C@@H](O)C2)c2cc(Cl)ccc2n1. The summed E-state index contributed by atoms with van der Waals surface area (Å²) in [6, 6.07) is 7.00. The molecule has 3 rings (SSSR count). The van der Waals surface area contributed by atoms with E-state index in [1.165, 1.54) is 0 Å². The summed E-state index contributed by atoms with van der Waals surface area (Å²) >= 11 is 6.06. The zero-order valence-electron chi connectivity index (χ0n) is 13.1. The van der Waals surface area contributed by atoms with Gasteiger partial charge < -0.3 is 15.1 Å². The molecule has 1 aliphatic heterocycles. The molecule has 122 valence electrons. The Hall–Kier alpha value is -1.69. The van der Waals surface area contributed by atoms with Gasteiger partial charge >= 0.3 is 0 Å². The fraction of sp³-hybridized carbons (Fsp3) is 0.412. The first-order valence-electron chi connectivity index (χ1n) is 7.54. The number of amides is 1. The Balaban J connectivity index is 2.00. The highest BCUT2D eigenvalue weighted by Crippen LogP contribution is 2.27. The molecule has 5 nitrogen and oxygen atoms in total. The molecule has 6 heteroatoms. The van der Waals surface area contributed by atoms with E-state index in [4.69, 9.17) is 11.6 Å². The number of hydrogen-bond donors (Lipinski definition) is 2. The molecule has 1 aliphatic rings. The molecule has 0 radical (unpaired) electrons. The van der Waals surface area contributed by atoms with Crippen LogP contribution in [0.3, 0.4) is 0 Å². The molecule has 0 unspecified atom stereocenters. The van der Waals surface area contributed by atoms with Crippen LogP contribution in [-0.4, -0.2) is 50.8 Å². The Morgan fingerprint density at radius 2 is 2.17 bits per heavy atom. The van der Waals surface area contributed by atoms with E-state index >= 15 is 0 Å². The van der Waals surface area contributed by atoms with Crippen LogP contribution in [0, 0.1) is 6.92 Å². The van der Waals surface area contributed by atoms with Gasteiger partial charge in [0.25, 0.3) is 5.91 Å². The third-order valence-corrected chi connectivity index (χ3v) is 4.65. The smallest absolute Gasteiger partial charge is 0.254 e. The number of benzene rings is 1. The molecular formula is C17H19ClN2O3. The van der Waals surface area contributed by atoms with Gasteiger partial charge in [0.05, 0.1) is 22.8 Å². The number of piperidine rings is 1. The maximum absolute atomic E-state index is 12.9. The van der Waals surface area contributed by atoms with E-state index in [1.807, 2.05) is 6.92 Å². The van der Waals surface area contributed by atoms with Crippen molar-refractivity contribution >= 4 is 28.4 Å². The number of likely N-dealkylation sites (tertiary alicyclic amines) is 1. The van der Waals surface area contributed by atoms with Crippen LogP contribution in [0.4, 0.5) is 0 Å². The molecule has 1 fully saturated rings. The van der Waals surface area contributed by atoms with Crippen molar-refractivity contribution in [1.82, 2.24) is 9.88 Å². The van der Waals surface area contributed by atoms with Crippen LogP contribution in [0.15, 0.2) is 24.3 Å². The first kappa shape index (κ1) is 16.2. The Labute approximate surface area is 139 Å². The summed E-state index contributed by atoms with van der Waals surface area (Å²) in [4.78, 5) is 18.9. The Bertz CT molecular complexity index is 776. The molecule has 1 amide bonds. The van der Waals surface area contributed by atoms with Crippen LogP contribution in [-0.2, 0) is 0 Å². The second kappa shape index (κ2) is 5.74. The quantitative estimate of drug-likeness (QED) is 0.838. The van der Waals surface area contributed by atoms with E-state index in [0.717, 1.165) is 5.69 Å². The van der Waals surface area contributed by atoms with Crippen molar-refractivity contribution in [2.75, 3.05) is 13.1 Å². The number of carbonyl (C=O) groups is 1. The summed E-state index contributed by atoms with van der Waals surface area (Å²) in [7, 11) is 0. The van der Waals surface area contributed by atoms with E-state index in [9.17, 15) is 15.0 Å². The normalized spacial score (nSPS) is 24.9. The van der Waals surface area contributed by atoms with Crippen molar-refractivity contribution < 1.29 is 15.0 Å². The summed E-state index contributed by atoms with van der Waals surface area (Å²) in [6.45, 7) is 3.92. The monoisotopic (exact) mass is 334 g/mol. The third kappa shape index (κ3) is 3.04. The van der Waals surface area contributed by atoms with Crippen LogP contribution in [0.2, 0.25) is 5.02 Å². The summed E-state index contributed by atoms with van der Waals surface area (Å²) in [5, 5.41) is 21.3. The molecular weight excluding hydrogens is 316 g/mol. The third-order valence-electron chi connectivity index (χ3n) is 4.42. The van der Waals surface area contributed by atoms with Crippen LogP contribution in [0.1, 0.15) is 29.4 Å². The van der Waals surface area contributed by atoms with Gasteiger partial charge in [-0.1, -0.05) is 11.6 Å². The Kier molecular flexibility index (Phi) is 4.04. The predicted molar refractivity (Wildman–Crippen MR) is 88.6 cm³/mol. The number of pyridine rings is 1. The lowest BCUT2D eigenvalue weighted by Gasteiger charge is -2.40. The number of fused-ring (bicyclic) bond motifs is 1. The van der Waals surface area contributed by atoms with E-state index in [1.54, 1.807) is 36.1 Å². The maximum atomic E-state index is 12.9. The van der Waals surface area contributed by atoms with Crippen molar-refractivity contribution in [2.24, 2.45) is 0 Å². The minimum Gasteiger partial charge on any atom is -0.388 e. The average Bonchev–Trinajstić information content (AvgIpc) is 2.49. The summed E-state index contributed by atoms with van der Waals surface area (Å²) < 4.78 is 0. The van der Waals surface area contributed by atoms with Gasteiger partial charge in [0.15, 0.2) is 0 Å². The van der Waals surface area contributed by atoms with Crippen LogP contribution in [0.5, 0.6) is 0 Å². The lowest BCUT2D eigenvalue weighted by Crippen LogP contribution is -2.55.